The molecule has 0 saturated carbocycles. The van der Waals surface area contributed by atoms with Gasteiger partial charge in [-0.3, -0.25) is 9.59 Å². The Morgan fingerprint density at radius 1 is 0.431 bits per heavy atom. The molecule has 0 aromatic rings. The van der Waals surface area contributed by atoms with Gasteiger partial charge in [-0.15, -0.1) is 0 Å². The largest absolute Gasteiger partial charge is 0.481 e. The number of aliphatic hydroxyl groups is 2. The Morgan fingerprint density at radius 2 is 0.686 bits per heavy atom. The van der Waals surface area contributed by atoms with Crippen molar-refractivity contribution in [1.29, 1.82) is 0 Å². The summed E-state index contributed by atoms with van der Waals surface area (Å²) in [7, 11) is 0. The highest BCUT2D eigenvalue weighted by atomic mass is 16.6. The lowest BCUT2D eigenvalue weighted by Gasteiger charge is -2.22. The minimum absolute atomic E-state index is 0.000849. The Hall–Kier alpha value is -1.42. The minimum atomic E-state index is -0.675. The molecule has 0 rings (SSSR count). The van der Waals surface area contributed by atoms with Gasteiger partial charge in [-0.1, -0.05) is 52.4 Å². The van der Waals surface area contributed by atoms with E-state index in [1.54, 1.807) is 6.92 Å². The fourth-order valence-electron chi connectivity index (χ4n) is 3.85. The average molecular weight is 743 g/mol. The quantitative estimate of drug-likeness (QED) is 0.0567. The van der Waals surface area contributed by atoms with Crippen LogP contribution in [0.1, 0.15) is 133 Å². The van der Waals surface area contributed by atoms with Crippen molar-refractivity contribution < 1.29 is 63.2 Å². The topological polar surface area (TPSA) is 180 Å². The fraction of sp³-hybridized carbons (Fsp3) is 0.947. The molecule has 8 atom stereocenters. The lowest BCUT2D eigenvalue weighted by atomic mass is 10.2. The van der Waals surface area contributed by atoms with Crippen LogP contribution < -0.4 is 0 Å². The van der Waals surface area contributed by atoms with Crippen LogP contribution in [0.2, 0.25) is 0 Å². The van der Waals surface area contributed by atoms with E-state index in [1.165, 1.54) is 12.8 Å². The molecule has 0 aromatic heterocycles. The summed E-state index contributed by atoms with van der Waals surface area (Å²) < 4.78 is 39.8. The van der Waals surface area contributed by atoms with Crippen molar-refractivity contribution in [2.24, 2.45) is 0 Å². The lowest BCUT2D eigenvalue weighted by molar-refractivity contribution is -0.138. The van der Waals surface area contributed by atoms with Crippen LogP contribution in [-0.2, 0) is 42.7 Å². The molecule has 0 heterocycles. The van der Waals surface area contributed by atoms with Gasteiger partial charge in [0.15, 0.2) is 0 Å². The molecule has 4 N–H and O–H groups in total. The highest BCUT2D eigenvalue weighted by molar-refractivity contribution is 5.66. The second-order valence-electron chi connectivity index (χ2n) is 13.4. The predicted molar refractivity (Wildman–Crippen MR) is 199 cm³/mol. The number of ether oxygens (including phenoxy) is 7. The maximum atomic E-state index is 9.96. The van der Waals surface area contributed by atoms with E-state index in [2.05, 4.69) is 13.8 Å². The Labute approximate surface area is 310 Å². The Balaban J connectivity index is -0.00000104. The number of hydrogen-bond donors (Lipinski definition) is 4. The summed E-state index contributed by atoms with van der Waals surface area (Å²) in [6, 6.07) is 0. The molecule has 0 spiro atoms. The SMILES string of the molecule is CC(O)COC(C)COC(C)COC(C)COC(C)COC(C)COC(C)COC(C)CO.CCCCCCC(=O)O.CCCCCCC(=O)O. The predicted octanol–water partition coefficient (Wildman–Crippen LogP) is 6.28. The molecule has 0 aliphatic carbocycles. The van der Waals surface area contributed by atoms with E-state index >= 15 is 0 Å². The van der Waals surface area contributed by atoms with Crippen LogP contribution in [0.15, 0.2) is 0 Å². The van der Waals surface area contributed by atoms with Gasteiger partial charge < -0.3 is 53.6 Å². The van der Waals surface area contributed by atoms with Crippen LogP contribution in [0.4, 0.5) is 0 Å². The minimum Gasteiger partial charge on any atom is -0.481 e. The van der Waals surface area contributed by atoms with Gasteiger partial charge >= 0.3 is 11.9 Å². The number of hydrogen-bond acceptors (Lipinski definition) is 11. The van der Waals surface area contributed by atoms with E-state index in [9.17, 15) is 14.7 Å². The number of carbonyl (C=O) groups is 2. The number of unbranched alkanes of at least 4 members (excludes halogenated alkanes) is 6. The molecule has 51 heavy (non-hydrogen) atoms. The summed E-state index contributed by atoms with van der Waals surface area (Å²) in [6.07, 6.45) is 8.04. The zero-order valence-corrected chi connectivity index (χ0v) is 33.8. The molecule has 0 amide bonds. The molecule has 0 bridgehead atoms. The number of aliphatic hydroxyl groups excluding tert-OH is 2. The zero-order chi connectivity index (χ0) is 39.5. The van der Waals surface area contributed by atoms with Gasteiger partial charge in [0.1, 0.15) is 0 Å². The molecule has 0 saturated heterocycles. The lowest BCUT2D eigenvalue weighted by Crippen LogP contribution is -2.30. The van der Waals surface area contributed by atoms with Gasteiger partial charge in [0.05, 0.1) is 102 Å². The summed E-state index contributed by atoms with van der Waals surface area (Å²) >= 11 is 0. The van der Waals surface area contributed by atoms with Crippen molar-refractivity contribution in [3.05, 3.63) is 0 Å². The summed E-state index contributed by atoms with van der Waals surface area (Å²) in [4.78, 5) is 19.9. The fourth-order valence-corrected chi connectivity index (χ4v) is 3.85. The van der Waals surface area contributed by atoms with Gasteiger partial charge in [-0.25, -0.2) is 0 Å². The first-order chi connectivity index (χ1) is 24.1. The van der Waals surface area contributed by atoms with Crippen molar-refractivity contribution >= 4 is 11.9 Å². The standard InChI is InChI=1S/C24H50O9.2C7H14O2/c1-17(26)10-27-19(3)12-29-21(5)14-31-23(7)16-33-24(8)15-32-22(6)13-30-20(4)11-28-18(2)9-25;2*1-2-3-4-5-6-7(8)9/h17-26H,9-16H2,1-8H3;2*2-6H2,1H3,(H,8,9). The molecule has 0 fully saturated rings. The Morgan fingerprint density at radius 3 is 0.902 bits per heavy atom. The molecule has 308 valence electrons. The van der Waals surface area contributed by atoms with Crippen LogP contribution in [0.5, 0.6) is 0 Å². The second kappa shape index (κ2) is 38.3. The first-order valence-corrected chi connectivity index (χ1v) is 19.1. The highest BCUT2D eigenvalue weighted by Gasteiger charge is 2.14. The average Bonchev–Trinajstić information content (AvgIpc) is 3.09. The second-order valence-corrected chi connectivity index (χ2v) is 13.4. The maximum Gasteiger partial charge on any atom is 0.303 e. The molecular weight excluding hydrogens is 664 g/mol. The summed E-state index contributed by atoms with van der Waals surface area (Å²) in [5, 5.41) is 34.6. The van der Waals surface area contributed by atoms with Gasteiger partial charge in [-0.2, -0.15) is 0 Å². The third kappa shape index (κ3) is 46.6. The summed E-state index contributed by atoms with van der Waals surface area (Å²) in [6.45, 7) is 22.5. The van der Waals surface area contributed by atoms with E-state index < -0.39 is 18.0 Å². The van der Waals surface area contributed by atoms with Gasteiger partial charge in [0.25, 0.3) is 0 Å². The molecule has 13 nitrogen and oxygen atoms in total. The number of carboxylic acid groups (broad SMARTS) is 2. The van der Waals surface area contributed by atoms with Crippen LogP contribution in [0, 0.1) is 0 Å². The van der Waals surface area contributed by atoms with Gasteiger partial charge in [-0.05, 0) is 68.2 Å². The molecule has 0 aliphatic heterocycles. The van der Waals surface area contributed by atoms with E-state index in [-0.39, 0.29) is 49.3 Å². The maximum absolute atomic E-state index is 9.96. The van der Waals surface area contributed by atoms with Crippen LogP contribution in [0.25, 0.3) is 0 Å². The third-order valence-electron chi connectivity index (χ3n) is 7.06. The van der Waals surface area contributed by atoms with E-state index in [1.807, 2.05) is 48.5 Å². The summed E-state index contributed by atoms with van der Waals surface area (Å²) in [5.74, 6) is -1.35. The first kappa shape index (κ1) is 53.9. The number of carboxylic acids is 2. The van der Waals surface area contributed by atoms with Crippen molar-refractivity contribution in [3.63, 3.8) is 0 Å². The Bertz CT molecular complexity index is 733. The zero-order valence-electron chi connectivity index (χ0n) is 33.8. The van der Waals surface area contributed by atoms with Crippen LogP contribution >= 0.6 is 0 Å². The Kier molecular flexibility index (Phi) is 40.5. The monoisotopic (exact) mass is 743 g/mol. The molecule has 0 aliphatic rings. The molecule has 0 aromatic carbocycles. The van der Waals surface area contributed by atoms with Crippen molar-refractivity contribution in [2.75, 3.05) is 52.9 Å². The van der Waals surface area contributed by atoms with E-state index in [0.29, 0.717) is 59.1 Å². The highest BCUT2D eigenvalue weighted by Crippen LogP contribution is 2.06. The normalized spacial score (nSPS) is 15.9. The smallest absolute Gasteiger partial charge is 0.303 e. The van der Waals surface area contributed by atoms with Gasteiger partial charge in [0.2, 0.25) is 0 Å². The molecule has 0 radical (unpaired) electrons. The van der Waals surface area contributed by atoms with Crippen molar-refractivity contribution in [3.8, 4) is 0 Å². The third-order valence-corrected chi connectivity index (χ3v) is 7.06. The van der Waals surface area contributed by atoms with Crippen molar-refractivity contribution in [2.45, 2.75) is 182 Å². The molecule has 8 unspecified atom stereocenters. The molecular formula is C38H78O13. The van der Waals surface area contributed by atoms with E-state index in [4.69, 9.17) is 48.5 Å². The van der Waals surface area contributed by atoms with Crippen molar-refractivity contribution in [1.82, 2.24) is 0 Å². The number of rotatable bonds is 32. The van der Waals surface area contributed by atoms with E-state index in [0.717, 1.165) is 38.5 Å². The summed E-state index contributed by atoms with van der Waals surface area (Å²) in [5.41, 5.74) is 0. The van der Waals surface area contributed by atoms with Crippen LogP contribution in [-0.4, -0.2) is 134 Å². The van der Waals surface area contributed by atoms with Gasteiger partial charge in [0, 0.05) is 12.8 Å². The first-order valence-electron chi connectivity index (χ1n) is 19.1. The van der Waals surface area contributed by atoms with Crippen LogP contribution in [0.3, 0.4) is 0 Å². The number of aliphatic carboxylic acids is 2. The molecule has 13 heteroatoms.